The van der Waals surface area contributed by atoms with Crippen molar-refractivity contribution >= 4 is 11.9 Å². The Labute approximate surface area is 152 Å². The number of nitrogens with zero attached hydrogens (tertiary/aromatic N) is 1. The summed E-state index contributed by atoms with van der Waals surface area (Å²) < 4.78 is 19.1. The molecule has 0 spiro atoms. The number of hydrogen-bond donors (Lipinski definition) is 1. The third-order valence-electron chi connectivity index (χ3n) is 3.83. The van der Waals surface area contributed by atoms with E-state index >= 15 is 0 Å². The van der Waals surface area contributed by atoms with Crippen LogP contribution in [0.15, 0.2) is 48.5 Å². The maximum Gasteiger partial charge on any atom is 0.303 e. The molecule has 2 rings (SSSR count). The molecule has 0 bridgehead atoms. The van der Waals surface area contributed by atoms with Gasteiger partial charge in [0.25, 0.3) is 5.91 Å². The highest BCUT2D eigenvalue weighted by Crippen LogP contribution is 2.18. The average Bonchev–Trinajstić information content (AvgIpc) is 2.62. The minimum absolute atomic E-state index is 0.0219. The molecule has 1 N–H and O–H groups in total. The number of ether oxygens (including phenoxy) is 1. The molecule has 138 valence electrons. The summed E-state index contributed by atoms with van der Waals surface area (Å²) in [5.74, 6) is -1.72. The third-order valence-corrected chi connectivity index (χ3v) is 3.83. The molecule has 2 aromatic carbocycles. The second-order valence-electron chi connectivity index (χ2n) is 6.02. The zero-order valence-corrected chi connectivity index (χ0v) is 14.7. The van der Waals surface area contributed by atoms with Gasteiger partial charge in [-0.1, -0.05) is 36.4 Å². The predicted octanol–water partition coefficient (Wildman–Crippen LogP) is 3.41. The van der Waals surface area contributed by atoms with Crippen molar-refractivity contribution in [2.75, 3.05) is 13.2 Å². The van der Waals surface area contributed by atoms with Crippen LogP contribution in [0.4, 0.5) is 4.39 Å². The van der Waals surface area contributed by atoms with Crippen LogP contribution in [0.5, 0.6) is 5.75 Å². The Morgan fingerprint density at radius 3 is 2.58 bits per heavy atom. The number of halogens is 1. The van der Waals surface area contributed by atoms with Gasteiger partial charge in [-0.3, -0.25) is 9.59 Å². The van der Waals surface area contributed by atoms with Crippen molar-refractivity contribution in [3.8, 4) is 5.75 Å². The van der Waals surface area contributed by atoms with Crippen LogP contribution in [0.2, 0.25) is 0 Å². The van der Waals surface area contributed by atoms with E-state index in [9.17, 15) is 14.0 Å². The van der Waals surface area contributed by atoms with Crippen molar-refractivity contribution in [3.63, 3.8) is 0 Å². The number of carbonyl (C=O) groups excluding carboxylic acids is 1. The van der Waals surface area contributed by atoms with Crippen molar-refractivity contribution in [1.29, 1.82) is 0 Å². The van der Waals surface area contributed by atoms with E-state index in [1.165, 1.54) is 17.0 Å². The molecule has 0 heterocycles. The second-order valence-corrected chi connectivity index (χ2v) is 6.02. The Hall–Kier alpha value is -2.89. The second kappa shape index (κ2) is 9.56. The van der Waals surface area contributed by atoms with E-state index in [1.807, 2.05) is 37.3 Å². The van der Waals surface area contributed by atoms with Crippen molar-refractivity contribution in [3.05, 3.63) is 65.5 Å². The van der Waals surface area contributed by atoms with Crippen molar-refractivity contribution in [2.24, 2.45) is 0 Å². The zero-order chi connectivity index (χ0) is 18.9. The molecule has 2 aromatic rings. The van der Waals surface area contributed by atoms with Gasteiger partial charge >= 0.3 is 5.97 Å². The number of rotatable bonds is 9. The van der Waals surface area contributed by atoms with Crippen molar-refractivity contribution < 1.29 is 23.8 Å². The quantitative estimate of drug-likeness (QED) is 0.745. The van der Waals surface area contributed by atoms with Gasteiger partial charge in [0.2, 0.25) is 0 Å². The highest BCUT2D eigenvalue weighted by atomic mass is 19.1. The lowest BCUT2D eigenvalue weighted by Gasteiger charge is -2.23. The molecular formula is C20H22FNO4. The molecule has 26 heavy (non-hydrogen) atoms. The standard InChI is InChI=1S/C20H22FNO4/c1-15-9-10-17(21)18(12-15)26-14-19(23)22(11-5-8-20(24)25)13-16-6-3-2-4-7-16/h2-4,6-7,9-10,12H,5,8,11,13-14H2,1H3,(H,24,25). The molecule has 1 amide bonds. The van der Waals surface area contributed by atoms with Crippen LogP contribution in [0.1, 0.15) is 24.0 Å². The molecular weight excluding hydrogens is 337 g/mol. The lowest BCUT2D eigenvalue weighted by atomic mass is 10.2. The van der Waals surface area contributed by atoms with Gasteiger partial charge in [-0.05, 0) is 36.6 Å². The Morgan fingerprint density at radius 1 is 1.15 bits per heavy atom. The fraction of sp³-hybridized carbons (Fsp3) is 0.300. The molecule has 0 aliphatic heterocycles. The molecule has 0 radical (unpaired) electrons. The minimum atomic E-state index is -0.907. The number of hydrogen-bond acceptors (Lipinski definition) is 3. The van der Waals surface area contributed by atoms with E-state index in [4.69, 9.17) is 9.84 Å². The van der Waals surface area contributed by atoms with Crippen LogP contribution >= 0.6 is 0 Å². The van der Waals surface area contributed by atoms with E-state index in [0.717, 1.165) is 11.1 Å². The Morgan fingerprint density at radius 2 is 1.88 bits per heavy atom. The smallest absolute Gasteiger partial charge is 0.303 e. The Balaban J connectivity index is 2.01. The summed E-state index contributed by atoms with van der Waals surface area (Å²) in [5.41, 5.74) is 1.76. The predicted molar refractivity (Wildman–Crippen MR) is 95.4 cm³/mol. The maximum absolute atomic E-state index is 13.7. The molecule has 0 saturated heterocycles. The largest absolute Gasteiger partial charge is 0.481 e. The lowest BCUT2D eigenvalue weighted by Crippen LogP contribution is -2.35. The molecule has 0 unspecified atom stereocenters. The number of aliphatic carboxylic acids is 1. The maximum atomic E-state index is 13.7. The number of benzene rings is 2. The van der Waals surface area contributed by atoms with Crippen molar-refractivity contribution in [2.45, 2.75) is 26.3 Å². The van der Waals surface area contributed by atoms with Gasteiger partial charge in [-0.25, -0.2) is 4.39 Å². The zero-order valence-electron chi connectivity index (χ0n) is 14.7. The van der Waals surface area contributed by atoms with Gasteiger partial charge in [-0.15, -0.1) is 0 Å². The van der Waals surface area contributed by atoms with Crippen LogP contribution in [-0.4, -0.2) is 35.0 Å². The lowest BCUT2D eigenvalue weighted by molar-refractivity contribution is -0.138. The molecule has 5 nitrogen and oxygen atoms in total. The first-order chi connectivity index (χ1) is 12.5. The monoisotopic (exact) mass is 359 g/mol. The summed E-state index contributed by atoms with van der Waals surface area (Å²) in [5, 5.41) is 8.79. The van der Waals surface area contributed by atoms with E-state index in [1.54, 1.807) is 6.07 Å². The normalized spacial score (nSPS) is 10.4. The summed E-state index contributed by atoms with van der Waals surface area (Å²) in [4.78, 5) is 24.8. The summed E-state index contributed by atoms with van der Waals surface area (Å²) in [6.07, 6.45) is 0.318. The number of aryl methyl sites for hydroxylation is 1. The summed E-state index contributed by atoms with van der Waals surface area (Å²) in [6, 6.07) is 13.8. The molecule has 6 heteroatoms. The molecule has 0 saturated carbocycles. The van der Waals surface area contributed by atoms with Gasteiger partial charge < -0.3 is 14.7 Å². The van der Waals surface area contributed by atoms with Crippen LogP contribution in [-0.2, 0) is 16.1 Å². The van der Waals surface area contributed by atoms with Crippen LogP contribution in [0, 0.1) is 12.7 Å². The SMILES string of the molecule is Cc1ccc(F)c(OCC(=O)N(CCCC(=O)O)Cc2ccccc2)c1. The Kier molecular flexibility index (Phi) is 7.14. The highest BCUT2D eigenvalue weighted by molar-refractivity contribution is 5.78. The van der Waals surface area contributed by atoms with Gasteiger partial charge in [0.1, 0.15) is 0 Å². The topological polar surface area (TPSA) is 66.8 Å². The summed E-state index contributed by atoms with van der Waals surface area (Å²) in [6.45, 7) is 2.14. The number of carboxylic acids is 1. The van der Waals surface area contributed by atoms with Crippen LogP contribution < -0.4 is 4.74 Å². The highest BCUT2D eigenvalue weighted by Gasteiger charge is 2.16. The van der Waals surface area contributed by atoms with E-state index in [2.05, 4.69) is 0 Å². The molecule has 0 fully saturated rings. The van der Waals surface area contributed by atoms with E-state index < -0.39 is 11.8 Å². The molecule has 0 aliphatic rings. The van der Waals surface area contributed by atoms with Gasteiger partial charge in [-0.2, -0.15) is 0 Å². The molecule has 0 aromatic heterocycles. The molecule has 0 atom stereocenters. The van der Waals surface area contributed by atoms with E-state index in [0.29, 0.717) is 19.5 Å². The Bertz CT molecular complexity index is 749. The van der Waals surface area contributed by atoms with Gasteiger partial charge in [0, 0.05) is 19.5 Å². The number of amides is 1. The average molecular weight is 359 g/mol. The van der Waals surface area contributed by atoms with Crippen LogP contribution in [0.3, 0.4) is 0 Å². The van der Waals surface area contributed by atoms with Gasteiger partial charge in [0.05, 0.1) is 0 Å². The first kappa shape index (κ1) is 19.4. The fourth-order valence-corrected chi connectivity index (χ4v) is 2.47. The van der Waals surface area contributed by atoms with E-state index in [-0.39, 0.29) is 24.7 Å². The fourth-order valence-electron chi connectivity index (χ4n) is 2.47. The van der Waals surface area contributed by atoms with Crippen molar-refractivity contribution in [1.82, 2.24) is 4.90 Å². The third kappa shape index (κ3) is 6.20. The number of carboxylic acid groups (broad SMARTS) is 1. The first-order valence-electron chi connectivity index (χ1n) is 8.38. The summed E-state index contributed by atoms with van der Waals surface area (Å²) >= 11 is 0. The minimum Gasteiger partial charge on any atom is -0.481 e. The van der Waals surface area contributed by atoms with Gasteiger partial charge in [0.15, 0.2) is 18.2 Å². The molecule has 0 aliphatic carbocycles. The summed E-state index contributed by atoms with van der Waals surface area (Å²) in [7, 11) is 0. The van der Waals surface area contributed by atoms with Crippen LogP contribution in [0.25, 0.3) is 0 Å². The first-order valence-corrected chi connectivity index (χ1v) is 8.38. The number of carbonyl (C=O) groups is 2.